The fourth-order valence-corrected chi connectivity index (χ4v) is 3.35. The predicted octanol–water partition coefficient (Wildman–Crippen LogP) is 4.72. The molecule has 0 unspecified atom stereocenters. The average Bonchev–Trinajstić information content (AvgIpc) is 2.93. The van der Waals surface area contributed by atoms with Crippen molar-refractivity contribution in [2.75, 3.05) is 12.4 Å². The monoisotopic (exact) mass is 403 g/mol. The van der Waals surface area contributed by atoms with Crippen molar-refractivity contribution in [1.29, 1.82) is 0 Å². The highest BCUT2D eigenvalue weighted by atomic mass is 79.9. The van der Waals surface area contributed by atoms with Crippen LogP contribution < -0.4 is 4.74 Å². The van der Waals surface area contributed by atoms with Crippen LogP contribution in [0.15, 0.2) is 58.2 Å². The van der Waals surface area contributed by atoms with Gasteiger partial charge in [0.1, 0.15) is 5.75 Å². The topological polar surface area (TPSA) is 39.9 Å². The Morgan fingerprint density at radius 1 is 1.12 bits per heavy atom. The Labute approximate surface area is 154 Å². The lowest BCUT2D eigenvalue weighted by Gasteiger charge is -2.07. The second-order valence-electron chi connectivity index (χ2n) is 5.39. The molecule has 1 heterocycles. The van der Waals surface area contributed by atoms with Crippen molar-refractivity contribution >= 4 is 27.7 Å². The molecule has 6 heteroatoms. The van der Waals surface area contributed by atoms with E-state index in [2.05, 4.69) is 57.3 Å². The van der Waals surface area contributed by atoms with Crippen LogP contribution in [-0.4, -0.2) is 27.1 Å². The van der Waals surface area contributed by atoms with E-state index >= 15 is 0 Å². The van der Waals surface area contributed by atoms with Crippen LogP contribution in [-0.2, 0) is 7.05 Å². The molecule has 4 nitrogen and oxygen atoms in total. The fraction of sp³-hybridized carbons (Fsp3) is 0.222. The number of halogens is 1. The lowest BCUT2D eigenvalue weighted by Crippen LogP contribution is -2.02. The Balaban J connectivity index is 1.57. The van der Waals surface area contributed by atoms with Gasteiger partial charge in [0.2, 0.25) is 0 Å². The Bertz CT molecular complexity index is 817. The van der Waals surface area contributed by atoms with Crippen molar-refractivity contribution < 1.29 is 4.74 Å². The molecule has 0 radical (unpaired) electrons. The van der Waals surface area contributed by atoms with Crippen LogP contribution in [0.25, 0.3) is 11.4 Å². The van der Waals surface area contributed by atoms with Crippen molar-refractivity contribution in [1.82, 2.24) is 14.8 Å². The molecule has 3 aromatic rings. The van der Waals surface area contributed by atoms with Crippen LogP contribution in [0.3, 0.4) is 0 Å². The Morgan fingerprint density at radius 3 is 2.67 bits per heavy atom. The number of aromatic nitrogens is 3. The molecule has 1 aromatic heterocycles. The number of hydrogen-bond donors (Lipinski definition) is 0. The first-order chi connectivity index (χ1) is 11.6. The largest absolute Gasteiger partial charge is 0.493 e. The fourth-order valence-electron chi connectivity index (χ4n) is 2.24. The SMILES string of the molecule is Cc1ccc(-c2nnc(SCCOc3cccc(Br)c3)n2C)cc1. The van der Waals surface area contributed by atoms with Gasteiger partial charge in [0, 0.05) is 22.8 Å². The van der Waals surface area contributed by atoms with Crippen molar-refractivity contribution in [3.05, 3.63) is 58.6 Å². The lowest BCUT2D eigenvalue weighted by molar-refractivity contribution is 0.343. The number of ether oxygens (including phenoxy) is 1. The molecule has 0 saturated carbocycles. The first-order valence-electron chi connectivity index (χ1n) is 7.61. The van der Waals surface area contributed by atoms with E-state index in [1.165, 1.54) is 5.56 Å². The number of hydrogen-bond acceptors (Lipinski definition) is 4. The highest BCUT2D eigenvalue weighted by Crippen LogP contribution is 2.23. The van der Waals surface area contributed by atoms with E-state index in [0.717, 1.165) is 32.5 Å². The summed E-state index contributed by atoms with van der Waals surface area (Å²) >= 11 is 5.08. The van der Waals surface area contributed by atoms with Gasteiger partial charge in [0.15, 0.2) is 11.0 Å². The number of aryl methyl sites for hydroxylation is 1. The third-order valence-corrected chi connectivity index (χ3v) is 5.00. The van der Waals surface area contributed by atoms with Crippen molar-refractivity contribution in [3.8, 4) is 17.1 Å². The molecule has 2 aromatic carbocycles. The summed E-state index contributed by atoms with van der Waals surface area (Å²) in [6.45, 7) is 2.70. The molecule has 0 aliphatic heterocycles. The smallest absolute Gasteiger partial charge is 0.191 e. The number of thioether (sulfide) groups is 1. The predicted molar refractivity (Wildman–Crippen MR) is 102 cm³/mol. The number of benzene rings is 2. The van der Waals surface area contributed by atoms with Crippen molar-refractivity contribution in [3.63, 3.8) is 0 Å². The van der Waals surface area contributed by atoms with Crippen LogP contribution in [0.4, 0.5) is 0 Å². The van der Waals surface area contributed by atoms with Gasteiger partial charge in [0.25, 0.3) is 0 Å². The van der Waals surface area contributed by atoms with Gasteiger partial charge < -0.3 is 9.30 Å². The van der Waals surface area contributed by atoms with Crippen LogP contribution in [0.2, 0.25) is 0 Å². The first kappa shape index (κ1) is 17.0. The zero-order chi connectivity index (χ0) is 16.9. The van der Waals surface area contributed by atoms with Crippen molar-refractivity contribution in [2.45, 2.75) is 12.1 Å². The molecule has 0 N–H and O–H groups in total. The van der Waals surface area contributed by atoms with E-state index in [1.807, 2.05) is 35.9 Å². The standard InChI is InChI=1S/C18H18BrN3OS/c1-13-6-8-14(9-7-13)17-20-21-18(22(17)2)24-11-10-23-16-5-3-4-15(19)12-16/h3-9,12H,10-11H2,1-2H3. The molecule has 0 bridgehead atoms. The van der Waals surface area contributed by atoms with Gasteiger partial charge >= 0.3 is 0 Å². The molecular formula is C18H18BrN3OS. The molecule has 0 fully saturated rings. The first-order valence-corrected chi connectivity index (χ1v) is 9.39. The van der Waals surface area contributed by atoms with Gasteiger partial charge in [-0.25, -0.2) is 0 Å². The van der Waals surface area contributed by atoms with Gasteiger partial charge in [-0.2, -0.15) is 0 Å². The van der Waals surface area contributed by atoms with E-state index in [1.54, 1.807) is 11.8 Å². The molecule has 24 heavy (non-hydrogen) atoms. The molecule has 0 spiro atoms. The third kappa shape index (κ3) is 4.19. The minimum Gasteiger partial charge on any atom is -0.493 e. The molecule has 0 aliphatic carbocycles. The summed E-state index contributed by atoms with van der Waals surface area (Å²) in [5, 5.41) is 9.49. The second-order valence-corrected chi connectivity index (χ2v) is 7.36. The molecule has 0 atom stereocenters. The summed E-state index contributed by atoms with van der Waals surface area (Å²) in [5.41, 5.74) is 2.31. The van der Waals surface area contributed by atoms with Gasteiger partial charge in [-0.1, -0.05) is 63.6 Å². The maximum Gasteiger partial charge on any atom is 0.191 e. The van der Waals surface area contributed by atoms with Gasteiger partial charge in [0.05, 0.1) is 6.61 Å². The van der Waals surface area contributed by atoms with Crippen LogP contribution >= 0.6 is 27.7 Å². The maximum absolute atomic E-state index is 5.74. The third-order valence-electron chi connectivity index (χ3n) is 3.52. The summed E-state index contributed by atoms with van der Waals surface area (Å²) in [7, 11) is 1.99. The van der Waals surface area contributed by atoms with E-state index in [9.17, 15) is 0 Å². The summed E-state index contributed by atoms with van der Waals surface area (Å²) < 4.78 is 8.78. The summed E-state index contributed by atoms with van der Waals surface area (Å²) in [4.78, 5) is 0. The Hall–Kier alpha value is -1.79. The Morgan fingerprint density at radius 2 is 1.92 bits per heavy atom. The molecule has 3 rings (SSSR count). The Kier molecular flexibility index (Phi) is 5.58. The van der Waals surface area contributed by atoms with Crippen LogP contribution in [0.5, 0.6) is 5.75 Å². The van der Waals surface area contributed by atoms with Crippen LogP contribution in [0, 0.1) is 6.92 Å². The van der Waals surface area contributed by atoms with E-state index in [0.29, 0.717) is 6.61 Å². The van der Waals surface area contributed by atoms with E-state index in [4.69, 9.17) is 4.74 Å². The van der Waals surface area contributed by atoms with Crippen molar-refractivity contribution in [2.24, 2.45) is 7.05 Å². The zero-order valence-electron chi connectivity index (χ0n) is 13.6. The molecule has 0 saturated heterocycles. The quantitative estimate of drug-likeness (QED) is 0.440. The van der Waals surface area contributed by atoms with E-state index < -0.39 is 0 Å². The van der Waals surface area contributed by atoms with Crippen LogP contribution in [0.1, 0.15) is 5.56 Å². The van der Waals surface area contributed by atoms with E-state index in [-0.39, 0.29) is 0 Å². The highest BCUT2D eigenvalue weighted by molar-refractivity contribution is 9.10. The lowest BCUT2D eigenvalue weighted by atomic mass is 10.1. The van der Waals surface area contributed by atoms with Gasteiger partial charge in [-0.05, 0) is 25.1 Å². The minimum atomic E-state index is 0.619. The summed E-state index contributed by atoms with van der Waals surface area (Å²) in [6, 6.07) is 16.2. The summed E-state index contributed by atoms with van der Waals surface area (Å²) in [6.07, 6.45) is 0. The van der Waals surface area contributed by atoms with Gasteiger partial charge in [-0.15, -0.1) is 10.2 Å². The highest BCUT2D eigenvalue weighted by Gasteiger charge is 2.11. The number of nitrogens with zero attached hydrogens (tertiary/aromatic N) is 3. The molecule has 0 aliphatic rings. The average molecular weight is 404 g/mol. The summed E-state index contributed by atoms with van der Waals surface area (Å²) in [5.74, 6) is 2.56. The maximum atomic E-state index is 5.74. The van der Waals surface area contributed by atoms with Gasteiger partial charge in [-0.3, -0.25) is 0 Å². The molecule has 0 amide bonds. The zero-order valence-corrected chi connectivity index (χ0v) is 16.0. The number of rotatable bonds is 6. The second kappa shape index (κ2) is 7.85. The molecular weight excluding hydrogens is 386 g/mol. The molecule has 124 valence electrons. The normalized spacial score (nSPS) is 10.8. The minimum absolute atomic E-state index is 0.619.